The van der Waals surface area contributed by atoms with E-state index in [9.17, 15) is 9.50 Å². The molecule has 2 rings (SSSR count). The van der Waals surface area contributed by atoms with Gasteiger partial charge in [0.05, 0.1) is 12.6 Å². The van der Waals surface area contributed by atoms with Gasteiger partial charge in [-0.2, -0.15) is 0 Å². The van der Waals surface area contributed by atoms with Crippen LogP contribution in [0.1, 0.15) is 43.7 Å². The maximum Gasteiger partial charge on any atom is 0.191 e. The lowest BCUT2D eigenvalue weighted by Gasteiger charge is -2.27. The topological polar surface area (TPSA) is 59.9 Å². The molecule has 1 aliphatic rings. The number of nitrogens with zero attached hydrogens (tertiary/aromatic N) is 2. The quantitative estimate of drug-likeness (QED) is 0.335. The molecule has 1 fully saturated rings. The van der Waals surface area contributed by atoms with Crippen LogP contribution in [-0.2, 0) is 13.1 Å². The monoisotopic (exact) mass is 478 g/mol. The van der Waals surface area contributed by atoms with E-state index < -0.39 is 0 Å². The maximum atomic E-state index is 13.9. The zero-order chi connectivity index (χ0) is 18.2. The summed E-state index contributed by atoms with van der Waals surface area (Å²) in [5.74, 6) is 0.606. The van der Waals surface area contributed by atoms with Gasteiger partial charge in [-0.3, -0.25) is 0 Å². The number of rotatable bonds is 6. The van der Waals surface area contributed by atoms with Gasteiger partial charge in [-0.15, -0.1) is 24.0 Å². The molecule has 26 heavy (non-hydrogen) atoms. The molecule has 1 saturated carbocycles. The number of halogens is 2. The Kier molecular flexibility index (Phi) is 10.4. The molecule has 0 amide bonds. The number of guanidine groups is 1. The standard InChI is InChI=1S/C19H31FN4O.HI/c1-4-21-19(23-16-6-8-17(25)9-7-16)22-12-14-5-10-18(20)15(11-14)13-24(2)3;/h5,10-11,16-17,25H,4,6-9,12-13H2,1-3H3,(H2,21,22,23);1H. The Labute approximate surface area is 173 Å². The number of hydrogen-bond acceptors (Lipinski definition) is 3. The summed E-state index contributed by atoms with van der Waals surface area (Å²) in [6.07, 6.45) is 3.42. The molecule has 0 heterocycles. The summed E-state index contributed by atoms with van der Waals surface area (Å²) in [7, 11) is 3.86. The van der Waals surface area contributed by atoms with Crippen molar-refractivity contribution < 1.29 is 9.50 Å². The van der Waals surface area contributed by atoms with Crippen LogP contribution in [0.2, 0.25) is 0 Å². The van der Waals surface area contributed by atoms with Crippen LogP contribution in [0.5, 0.6) is 0 Å². The summed E-state index contributed by atoms with van der Waals surface area (Å²) < 4.78 is 13.9. The molecular weight excluding hydrogens is 446 g/mol. The van der Waals surface area contributed by atoms with Gasteiger partial charge in [0.25, 0.3) is 0 Å². The van der Waals surface area contributed by atoms with Gasteiger partial charge < -0.3 is 20.6 Å². The molecule has 0 unspecified atom stereocenters. The van der Waals surface area contributed by atoms with Crippen molar-refractivity contribution in [3.63, 3.8) is 0 Å². The summed E-state index contributed by atoms with van der Waals surface area (Å²) in [6, 6.07) is 5.54. The highest BCUT2D eigenvalue weighted by Gasteiger charge is 2.19. The Morgan fingerprint density at radius 1 is 1.27 bits per heavy atom. The fourth-order valence-corrected chi connectivity index (χ4v) is 3.09. The van der Waals surface area contributed by atoms with Gasteiger partial charge in [0.2, 0.25) is 0 Å². The number of aliphatic hydroxyl groups is 1. The number of nitrogens with one attached hydrogen (secondary N) is 2. The molecule has 5 nitrogen and oxygen atoms in total. The summed E-state index contributed by atoms with van der Waals surface area (Å²) in [4.78, 5) is 6.60. The lowest BCUT2D eigenvalue weighted by Crippen LogP contribution is -2.45. The van der Waals surface area contributed by atoms with Crippen molar-refractivity contribution in [3.05, 3.63) is 35.1 Å². The molecule has 0 spiro atoms. The minimum Gasteiger partial charge on any atom is -0.393 e. The Morgan fingerprint density at radius 3 is 2.58 bits per heavy atom. The Hall–Kier alpha value is -0.930. The van der Waals surface area contributed by atoms with E-state index in [-0.39, 0.29) is 35.9 Å². The van der Waals surface area contributed by atoms with Crippen molar-refractivity contribution in [2.24, 2.45) is 4.99 Å². The SMILES string of the molecule is CCNC(=NCc1ccc(F)c(CN(C)C)c1)NC1CCC(O)CC1.I. The molecule has 0 radical (unpaired) electrons. The molecule has 0 bridgehead atoms. The molecule has 1 aromatic carbocycles. The molecule has 1 aromatic rings. The smallest absolute Gasteiger partial charge is 0.191 e. The first-order valence-electron chi connectivity index (χ1n) is 9.13. The van der Waals surface area contributed by atoms with Crippen LogP contribution in [0.4, 0.5) is 4.39 Å². The largest absolute Gasteiger partial charge is 0.393 e. The van der Waals surface area contributed by atoms with Crippen LogP contribution >= 0.6 is 24.0 Å². The van der Waals surface area contributed by atoms with Crippen molar-refractivity contribution in [1.82, 2.24) is 15.5 Å². The van der Waals surface area contributed by atoms with Crippen LogP contribution in [0.3, 0.4) is 0 Å². The number of aliphatic imine (C=N–C) groups is 1. The van der Waals surface area contributed by atoms with Crippen molar-refractivity contribution in [2.75, 3.05) is 20.6 Å². The Morgan fingerprint density at radius 2 is 1.96 bits per heavy atom. The van der Waals surface area contributed by atoms with Crippen LogP contribution in [0.15, 0.2) is 23.2 Å². The first-order chi connectivity index (χ1) is 12.0. The fraction of sp³-hybridized carbons (Fsp3) is 0.632. The van der Waals surface area contributed by atoms with Gasteiger partial charge in [0, 0.05) is 24.7 Å². The van der Waals surface area contributed by atoms with Gasteiger partial charge >= 0.3 is 0 Å². The molecule has 0 saturated heterocycles. The van der Waals surface area contributed by atoms with E-state index in [1.54, 1.807) is 6.07 Å². The van der Waals surface area contributed by atoms with E-state index in [4.69, 9.17) is 0 Å². The molecule has 1 aliphatic carbocycles. The van der Waals surface area contributed by atoms with Crippen LogP contribution in [0.25, 0.3) is 0 Å². The Balaban J connectivity index is 0.00000338. The van der Waals surface area contributed by atoms with Crippen molar-refractivity contribution >= 4 is 29.9 Å². The number of hydrogen-bond donors (Lipinski definition) is 3. The molecule has 0 atom stereocenters. The molecule has 7 heteroatoms. The average molecular weight is 478 g/mol. The normalized spacial score (nSPS) is 20.6. The molecule has 0 aliphatic heterocycles. The molecule has 3 N–H and O–H groups in total. The second-order valence-corrected chi connectivity index (χ2v) is 7.01. The van der Waals surface area contributed by atoms with Gasteiger partial charge in [-0.1, -0.05) is 6.07 Å². The fourth-order valence-electron chi connectivity index (χ4n) is 3.09. The summed E-state index contributed by atoms with van der Waals surface area (Å²) in [5, 5.41) is 16.3. The minimum absolute atomic E-state index is 0. The summed E-state index contributed by atoms with van der Waals surface area (Å²) in [5.41, 5.74) is 1.69. The predicted octanol–water partition coefficient (Wildman–Crippen LogP) is 2.86. The predicted molar refractivity (Wildman–Crippen MR) is 115 cm³/mol. The van der Waals surface area contributed by atoms with E-state index in [1.165, 1.54) is 6.07 Å². The van der Waals surface area contributed by atoms with Gasteiger partial charge in [-0.25, -0.2) is 9.38 Å². The Bertz CT molecular complexity index is 575. The first kappa shape index (κ1) is 23.1. The van der Waals surface area contributed by atoms with Gasteiger partial charge in [-0.05, 0) is 64.4 Å². The third kappa shape index (κ3) is 7.75. The number of benzene rings is 1. The second kappa shape index (κ2) is 11.7. The third-order valence-electron chi connectivity index (χ3n) is 4.40. The van der Waals surface area contributed by atoms with Crippen molar-refractivity contribution in [1.29, 1.82) is 0 Å². The molecular formula is C19H32FIN4O. The van der Waals surface area contributed by atoms with Gasteiger partial charge in [0.15, 0.2) is 5.96 Å². The first-order valence-corrected chi connectivity index (χ1v) is 9.13. The number of aliphatic hydroxyl groups excluding tert-OH is 1. The maximum absolute atomic E-state index is 13.9. The van der Waals surface area contributed by atoms with E-state index in [1.807, 2.05) is 32.0 Å². The molecule has 0 aromatic heterocycles. The van der Waals surface area contributed by atoms with E-state index in [0.29, 0.717) is 24.7 Å². The molecule has 148 valence electrons. The van der Waals surface area contributed by atoms with Crippen molar-refractivity contribution in [3.8, 4) is 0 Å². The zero-order valence-corrected chi connectivity index (χ0v) is 18.3. The van der Waals surface area contributed by atoms with Crippen LogP contribution in [-0.4, -0.2) is 48.8 Å². The second-order valence-electron chi connectivity index (χ2n) is 7.01. The van der Waals surface area contributed by atoms with Crippen LogP contribution in [0, 0.1) is 5.82 Å². The third-order valence-corrected chi connectivity index (χ3v) is 4.40. The lowest BCUT2D eigenvalue weighted by molar-refractivity contribution is 0.120. The highest BCUT2D eigenvalue weighted by atomic mass is 127. The van der Waals surface area contributed by atoms with E-state index in [2.05, 4.69) is 15.6 Å². The minimum atomic E-state index is -0.174. The average Bonchev–Trinajstić information content (AvgIpc) is 2.57. The van der Waals surface area contributed by atoms with E-state index in [0.717, 1.165) is 43.8 Å². The highest BCUT2D eigenvalue weighted by molar-refractivity contribution is 14.0. The lowest BCUT2D eigenvalue weighted by atomic mass is 9.93. The van der Waals surface area contributed by atoms with Crippen LogP contribution < -0.4 is 10.6 Å². The van der Waals surface area contributed by atoms with Gasteiger partial charge in [0.1, 0.15) is 5.82 Å². The summed E-state index contributed by atoms with van der Waals surface area (Å²) in [6.45, 7) is 3.91. The summed E-state index contributed by atoms with van der Waals surface area (Å²) >= 11 is 0. The van der Waals surface area contributed by atoms with Crippen molar-refractivity contribution in [2.45, 2.75) is 57.8 Å². The highest BCUT2D eigenvalue weighted by Crippen LogP contribution is 2.18. The zero-order valence-electron chi connectivity index (χ0n) is 16.0. The van der Waals surface area contributed by atoms with E-state index >= 15 is 0 Å².